The van der Waals surface area contributed by atoms with Gasteiger partial charge in [0.25, 0.3) is 11.8 Å². The van der Waals surface area contributed by atoms with Gasteiger partial charge in [-0.05, 0) is 73.0 Å². The Balaban J connectivity index is 1.59. The lowest BCUT2D eigenvalue weighted by molar-refractivity contribution is 0.0992. The van der Waals surface area contributed by atoms with Gasteiger partial charge in [0.15, 0.2) is 15.5 Å². The number of nitrogen functional groups attached to an aromatic ring is 1. The minimum Gasteiger partial charge on any atom is -0.398 e. The van der Waals surface area contributed by atoms with E-state index in [1.807, 2.05) is 12.1 Å². The minimum atomic E-state index is -3.38. The molecule has 0 radical (unpaired) electrons. The molecule has 2 amide bonds. The summed E-state index contributed by atoms with van der Waals surface area (Å²) in [5.41, 5.74) is 16.5. The topological polar surface area (TPSA) is 150 Å². The molecule has 3 aromatic carbocycles. The Morgan fingerprint density at radius 1 is 1.03 bits per heavy atom. The number of primary amides is 1. The summed E-state index contributed by atoms with van der Waals surface area (Å²) in [6.07, 6.45) is 2.34. The molecule has 5 N–H and O–H groups in total. The number of aryl methyl sites for hydroxylation is 1. The maximum absolute atomic E-state index is 12.8. The predicted octanol–water partition coefficient (Wildman–Crippen LogP) is 3.63. The Morgan fingerprint density at radius 3 is 2.41 bits per heavy atom. The number of hydrogen-bond acceptors (Lipinski definition) is 6. The van der Waals surface area contributed by atoms with Crippen molar-refractivity contribution in [2.24, 2.45) is 5.73 Å². The van der Waals surface area contributed by atoms with Crippen LogP contribution in [0, 0.1) is 0 Å². The van der Waals surface area contributed by atoms with Gasteiger partial charge in [0.05, 0.1) is 27.0 Å². The van der Waals surface area contributed by atoms with Crippen LogP contribution in [0.5, 0.6) is 0 Å². The summed E-state index contributed by atoms with van der Waals surface area (Å²) < 4.78 is 25.4. The van der Waals surface area contributed by atoms with Crippen LogP contribution in [0.4, 0.5) is 11.4 Å². The van der Waals surface area contributed by atoms with Crippen molar-refractivity contribution < 1.29 is 18.0 Å². The van der Waals surface area contributed by atoms with E-state index in [-0.39, 0.29) is 16.5 Å². The molecule has 188 valence electrons. The molecule has 1 aliphatic rings. The van der Waals surface area contributed by atoms with Gasteiger partial charge in [-0.3, -0.25) is 9.59 Å². The van der Waals surface area contributed by atoms with Crippen molar-refractivity contribution in [2.45, 2.75) is 17.7 Å². The highest BCUT2D eigenvalue weighted by atomic mass is 35.5. The highest BCUT2D eigenvalue weighted by molar-refractivity contribution is 7.90. The van der Waals surface area contributed by atoms with E-state index in [0.29, 0.717) is 51.7 Å². The number of carbonyl (C=O) groups is 2. The van der Waals surface area contributed by atoms with Gasteiger partial charge in [0.1, 0.15) is 0 Å². The average molecular weight is 536 g/mol. The van der Waals surface area contributed by atoms with Crippen molar-refractivity contribution in [3.8, 4) is 16.9 Å². The Hall–Kier alpha value is -4.15. The number of nitrogens with one attached hydrogen (secondary N) is 1. The molecule has 5 rings (SSSR count). The number of fused-ring (bicyclic) bond motifs is 3. The predicted molar refractivity (Wildman–Crippen MR) is 142 cm³/mol. The first-order valence-corrected chi connectivity index (χ1v) is 13.5. The van der Waals surface area contributed by atoms with E-state index in [1.54, 1.807) is 35.0 Å². The molecular weight excluding hydrogens is 514 g/mol. The van der Waals surface area contributed by atoms with Crippen LogP contribution in [0.15, 0.2) is 65.6 Å². The van der Waals surface area contributed by atoms with Gasteiger partial charge in [-0.25, -0.2) is 13.1 Å². The van der Waals surface area contributed by atoms with E-state index < -0.39 is 15.7 Å². The maximum Gasteiger partial charge on any atom is 0.269 e. The zero-order valence-electron chi connectivity index (χ0n) is 19.7. The van der Waals surface area contributed by atoms with Gasteiger partial charge in [-0.1, -0.05) is 17.7 Å². The molecule has 0 unspecified atom stereocenters. The monoisotopic (exact) mass is 535 g/mol. The number of amides is 2. The lowest BCUT2D eigenvalue weighted by Gasteiger charge is -2.20. The number of nitrogens with zero attached hydrogens (tertiary/aromatic N) is 2. The number of nitrogens with two attached hydrogens (primary N) is 2. The number of carbonyl (C=O) groups excluding carboxylic acids is 2. The lowest BCUT2D eigenvalue weighted by atomic mass is 9.88. The zero-order chi connectivity index (χ0) is 26.5. The molecule has 0 saturated heterocycles. The van der Waals surface area contributed by atoms with Gasteiger partial charge in [-0.15, -0.1) is 0 Å². The quantitative estimate of drug-likeness (QED) is 0.332. The highest BCUT2D eigenvalue weighted by Crippen LogP contribution is 2.38. The molecular formula is C26H22ClN5O4S. The van der Waals surface area contributed by atoms with E-state index >= 15 is 0 Å². The van der Waals surface area contributed by atoms with Gasteiger partial charge in [0, 0.05) is 28.6 Å². The SMILES string of the molecule is CS(=O)(=O)c1ccc(-n2nc(C(N)=O)c3c2-c2cc(NC(=O)c4ccc(Cl)c(N)c4)ccc2CC3)cc1. The van der Waals surface area contributed by atoms with Crippen molar-refractivity contribution in [2.75, 3.05) is 17.3 Å². The van der Waals surface area contributed by atoms with Gasteiger partial charge < -0.3 is 16.8 Å². The first kappa shape index (κ1) is 24.5. The number of halogens is 1. The van der Waals surface area contributed by atoms with E-state index in [9.17, 15) is 18.0 Å². The Morgan fingerprint density at radius 2 is 1.76 bits per heavy atom. The first-order valence-electron chi connectivity index (χ1n) is 11.2. The van der Waals surface area contributed by atoms with Crippen LogP contribution < -0.4 is 16.8 Å². The minimum absolute atomic E-state index is 0.152. The third kappa shape index (κ3) is 4.56. The molecule has 9 nitrogen and oxygen atoms in total. The van der Waals surface area contributed by atoms with Gasteiger partial charge in [0.2, 0.25) is 0 Å². The molecule has 0 aliphatic heterocycles. The number of anilines is 2. The van der Waals surface area contributed by atoms with Crippen molar-refractivity contribution in [1.29, 1.82) is 0 Å². The van der Waals surface area contributed by atoms with Crippen molar-refractivity contribution in [1.82, 2.24) is 9.78 Å². The smallest absolute Gasteiger partial charge is 0.269 e. The van der Waals surface area contributed by atoms with E-state index in [1.165, 1.54) is 18.2 Å². The third-order valence-electron chi connectivity index (χ3n) is 6.25. The number of aromatic nitrogens is 2. The lowest BCUT2D eigenvalue weighted by Crippen LogP contribution is -2.15. The van der Waals surface area contributed by atoms with Crippen molar-refractivity contribution in [3.05, 3.63) is 88.1 Å². The van der Waals surface area contributed by atoms with Crippen LogP contribution in [0.1, 0.15) is 32.0 Å². The second kappa shape index (κ2) is 9.06. The largest absolute Gasteiger partial charge is 0.398 e. The number of rotatable bonds is 5. The Bertz CT molecular complexity index is 1690. The standard InChI is InChI=1S/C26H22ClN5O4S/c1-37(35,36)18-8-6-17(7-9-18)32-24-19(23(31-32)25(29)33)10-3-14-2-5-16(13-20(14)24)30-26(34)15-4-11-21(27)22(28)12-15/h2,4-9,11-13H,3,10,28H2,1H3,(H2,29,33)(H,30,34). The normalized spacial score (nSPS) is 12.5. The molecule has 11 heteroatoms. The molecule has 4 aromatic rings. The fourth-order valence-electron chi connectivity index (χ4n) is 4.42. The molecule has 0 atom stereocenters. The van der Waals surface area contributed by atoms with Crippen LogP contribution >= 0.6 is 11.6 Å². The van der Waals surface area contributed by atoms with Crippen LogP contribution in [0.3, 0.4) is 0 Å². The average Bonchev–Trinajstić information content (AvgIpc) is 3.26. The molecule has 0 fully saturated rings. The molecule has 1 heterocycles. The molecule has 0 saturated carbocycles. The second-order valence-corrected chi connectivity index (χ2v) is 11.2. The number of benzene rings is 3. The summed E-state index contributed by atoms with van der Waals surface area (Å²) in [5, 5.41) is 7.72. The fraction of sp³-hybridized carbons (Fsp3) is 0.115. The molecule has 1 aliphatic carbocycles. The molecule has 1 aromatic heterocycles. The summed E-state index contributed by atoms with van der Waals surface area (Å²) in [4.78, 5) is 25.2. The summed E-state index contributed by atoms with van der Waals surface area (Å²) in [5.74, 6) is -1.02. The first-order chi connectivity index (χ1) is 17.5. The van der Waals surface area contributed by atoms with Crippen molar-refractivity contribution >= 4 is 44.6 Å². The van der Waals surface area contributed by atoms with E-state index in [4.69, 9.17) is 23.1 Å². The van der Waals surface area contributed by atoms with Crippen LogP contribution in [-0.2, 0) is 22.7 Å². The number of hydrogen-bond donors (Lipinski definition) is 3. The third-order valence-corrected chi connectivity index (χ3v) is 7.72. The Kier molecular flexibility index (Phi) is 6.01. The van der Waals surface area contributed by atoms with Crippen LogP contribution in [0.25, 0.3) is 16.9 Å². The molecule has 0 spiro atoms. The summed E-state index contributed by atoms with van der Waals surface area (Å²) in [6.45, 7) is 0. The van der Waals surface area contributed by atoms with E-state index in [2.05, 4.69) is 10.4 Å². The Labute approximate surface area is 218 Å². The van der Waals surface area contributed by atoms with Crippen molar-refractivity contribution in [3.63, 3.8) is 0 Å². The van der Waals surface area contributed by atoms with Gasteiger partial charge >= 0.3 is 0 Å². The highest BCUT2D eigenvalue weighted by Gasteiger charge is 2.28. The summed E-state index contributed by atoms with van der Waals surface area (Å²) >= 11 is 5.97. The van der Waals surface area contributed by atoms with Crippen LogP contribution in [0.2, 0.25) is 5.02 Å². The van der Waals surface area contributed by atoms with E-state index in [0.717, 1.165) is 17.4 Å². The summed E-state index contributed by atoms with van der Waals surface area (Å²) in [6, 6.07) is 16.4. The molecule has 37 heavy (non-hydrogen) atoms. The number of sulfone groups is 1. The van der Waals surface area contributed by atoms with Crippen LogP contribution in [-0.4, -0.2) is 36.3 Å². The van der Waals surface area contributed by atoms with Gasteiger partial charge in [-0.2, -0.15) is 5.10 Å². The second-order valence-electron chi connectivity index (χ2n) is 8.78. The maximum atomic E-state index is 12.8. The molecule has 0 bridgehead atoms. The summed E-state index contributed by atoms with van der Waals surface area (Å²) in [7, 11) is -3.38. The fourth-order valence-corrected chi connectivity index (χ4v) is 5.17. The zero-order valence-corrected chi connectivity index (χ0v) is 21.2.